The summed E-state index contributed by atoms with van der Waals surface area (Å²) in [6, 6.07) is 15.2. The molecule has 1 heterocycles. The van der Waals surface area contributed by atoms with Crippen LogP contribution in [0.1, 0.15) is 35.9 Å². The van der Waals surface area contributed by atoms with Gasteiger partial charge in [0.2, 0.25) is 0 Å². The second-order valence-corrected chi connectivity index (χ2v) is 7.63. The van der Waals surface area contributed by atoms with Crippen LogP contribution in [0.3, 0.4) is 0 Å². The lowest BCUT2D eigenvalue weighted by molar-refractivity contribution is 0.0778. The van der Waals surface area contributed by atoms with E-state index in [9.17, 15) is 9.59 Å². The van der Waals surface area contributed by atoms with E-state index >= 15 is 0 Å². The van der Waals surface area contributed by atoms with Crippen LogP contribution in [0.4, 0.5) is 0 Å². The maximum absolute atomic E-state index is 13.1. The Labute approximate surface area is 163 Å². The Morgan fingerprint density at radius 2 is 1.74 bits per heavy atom. The van der Waals surface area contributed by atoms with Crippen LogP contribution in [0.25, 0.3) is 10.8 Å². The van der Waals surface area contributed by atoms with Crippen LogP contribution in [0, 0.1) is 0 Å². The Balaban J connectivity index is 1.98. The van der Waals surface area contributed by atoms with E-state index in [1.54, 1.807) is 41.9 Å². The SMILES string of the molecule is CSc1ccc(CN(C)C(=O)c2nn(C(C)C)c(=O)c3ccccc23)cc1. The Morgan fingerprint density at radius 1 is 1.11 bits per heavy atom. The molecule has 0 saturated carbocycles. The molecule has 0 aliphatic rings. The fourth-order valence-electron chi connectivity index (χ4n) is 2.97. The monoisotopic (exact) mass is 381 g/mol. The van der Waals surface area contributed by atoms with Crippen LogP contribution in [0.15, 0.2) is 58.2 Å². The first-order chi connectivity index (χ1) is 12.9. The highest BCUT2D eigenvalue weighted by Gasteiger charge is 2.20. The molecular formula is C21H23N3O2S. The van der Waals surface area contributed by atoms with E-state index in [0.717, 1.165) is 5.56 Å². The number of hydrogen-bond donors (Lipinski definition) is 0. The lowest BCUT2D eigenvalue weighted by atomic mass is 10.1. The average molecular weight is 382 g/mol. The van der Waals surface area contributed by atoms with Crippen LogP contribution in [-0.2, 0) is 6.54 Å². The van der Waals surface area contributed by atoms with Crippen LogP contribution < -0.4 is 5.56 Å². The number of rotatable bonds is 5. The van der Waals surface area contributed by atoms with Gasteiger partial charge in [0.15, 0.2) is 5.69 Å². The molecule has 0 bridgehead atoms. The number of aromatic nitrogens is 2. The Hall–Kier alpha value is -2.60. The molecule has 0 aliphatic heterocycles. The van der Waals surface area contributed by atoms with Crippen LogP contribution >= 0.6 is 11.8 Å². The first-order valence-electron chi connectivity index (χ1n) is 8.82. The van der Waals surface area contributed by atoms with Gasteiger partial charge in [-0.25, -0.2) is 4.68 Å². The second kappa shape index (κ2) is 7.96. The predicted molar refractivity (Wildman–Crippen MR) is 110 cm³/mol. The zero-order chi connectivity index (χ0) is 19.6. The average Bonchev–Trinajstić information content (AvgIpc) is 2.68. The molecule has 0 saturated heterocycles. The molecule has 0 unspecified atom stereocenters. The van der Waals surface area contributed by atoms with E-state index in [-0.39, 0.29) is 17.5 Å². The lowest BCUT2D eigenvalue weighted by Crippen LogP contribution is -2.32. The van der Waals surface area contributed by atoms with Crippen molar-refractivity contribution in [3.8, 4) is 0 Å². The van der Waals surface area contributed by atoms with Gasteiger partial charge in [0, 0.05) is 23.9 Å². The van der Waals surface area contributed by atoms with Crippen molar-refractivity contribution in [2.45, 2.75) is 31.3 Å². The number of thioether (sulfide) groups is 1. The summed E-state index contributed by atoms with van der Waals surface area (Å²) >= 11 is 1.68. The summed E-state index contributed by atoms with van der Waals surface area (Å²) < 4.78 is 1.39. The third kappa shape index (κ3) is 3.90. The fraction of sp³-hybridized carbons (Fsp3) is 0.286. The largest absolute Gasteiger partial charge is 0.336 e. The Kier molecular flexibility index (Phi) is 5.65. The summed E-state index contributed by atoms with van der Waals surface area (Å²) in [5, 5.41) is 5.51. The standard InChI is InChI=1S/C21H23N3O2S/c1-14(2)24-20(25)18-8-6-5-7-17(18)19(22-24)21(26)23(3)13-15-9-11-16(27-4)12-10-15/h5-12,14H,13H2,1-4H3. The quantitative estimate of drug-likeness (QED) is 0.628. The summed E-state index contributed by atoms with van der Waals surface area (Å²) in [5.74, 6) is -0.199. The van der Waals surface area contributed by atoms with Gasteiger partial charge in [-0.2, -0.15) is 5.10 Å². The van der Waals surface area contributed by atoms with Crippen molar-refractivity contribution in [2.24, 2.45) is 0 Å². The van der Waals surface area contributed by atoms with Gasteiger partial charge < -0.3 is 4.90 Å². The van der Waals surface area contributed by atoms with Gasteiger partial charge in [-0.05, 0) is 43.9 Å². The summed E-state index contributed by atoms with van der Waals surface area (Å²) in [7, 11) is 1.76. The maximum Gasteiger partial charge on any atom is 0.274 e. The third-order valence-electron chi connectivity index (χ3n) is 4.45. The number of nitrogens with zero attached hydrogens (tertiary/aromatic N) is 3. The minimum atomic E-state index is -0.199. The molecule has 3 aromatic rings. The molecule has 0 spiro atoms. The number of hydrogen-bond acceptors (Lipinski definition) is 4. The molecule has 5 nitrogen and oxygen atoms in total. The normalized spacial score (nSPS) is 11.1. The van der Waals surface area contributed by atoms with E-state index in [1.807, 2.05) is 50.4 Å². The predicted octanol–water partition coefficient (Wildman–Crippen LogP) is 3.97. The molecule has 0 atom stereocenters. The summed E-state index contributed by atoms with van der Waals surface area (Å²) in [6.07, 6.45) is 2.03. The van der Waals surface area contributed by atoms with Gasteiger partial charge in [0.25, 0.3) is 11.5 Å². The molecule has 0 N–H and O–H groups in total. The van der Waals surface area contributed by atoms with Crippen molar-refractivity contribution < 1.29 is 4.79 Å². The van der Waals surface area contributed by atoms with Crippen molar-refractivity contribution >= 4 is 28.4 Å². The molecule has 27 heavy (non-hydrogen) atoms. The highest BCUT2D eigenvalue weighted by molar-refractivity contribution is 7.98. The number of benzene rings is 2. The molecule has 1 amide bonds. The highest BCUT2D eigenvalue weighted by atomic mass is 32.2. The Bertz CT molecular complexity index is 1030. The van der Waals surface area contributed by atoms with Crippen LogP contribution in [0.2, 0.25) is 0 Å². The van der Waals surface area contributed by atoms with Gasteiger partial charge in [-0.15, -0.1) is 11.8 Å². The molecular weight excluding hydrogens is 358 g/mol. The molecule has 1 aromatic heterocycles. The minimum Gasteiger partial charge on any atom is -0.336 e. The second-order valence-electron chi connectivity index (χ2n) is 6.75. The van der Waals surface area contributed by atoms with Gasteiger partial charge in [-0.1, -0.05) is 30.3 Å². The molecule has 0 aliphatic carbocycles. The Morgan fingerprint density at radius 3 is 2.33 bits per heavy atom. The van der Waals surface area contributed by atoms with Crippen molar-refractivity contribution in [2.75, 3.05) is 13.3 Å². The topological polar surface area (TPSA) is 55.2 Å². The molecule has 3 rings (SSSR count). The summed E-state index contributed by atoms with van der Waals surface area (Å²) in [6.45, 7) is 4.24. The molecule has 140 valence electrons. The zero-order valence-corrected chi connectivity index (χ0v) is 16.8. The summed E-state index contributed by atoms with van der Waals surface area (Å²) in [4.78, 5) is 28.6. The van der Waals surface area contributed by atoms with E-state index in [4.69, 9.17) is 0 Å². The van der Waals surface area contributed by atoms with Crippen molar-refractivity contribution in [3.63, 3.8) is 0 Å². The van der Waals surface area contributed by atoms with Crippen LogP contribution in [-0.4, -0.2) is 33.9 Å². The zero-order valence-electron chi connectivity index (χ0n) is 16.0. The first kappa shape index (κ1) is 19.2. The van der Waals surface area contributed by atoms with Gasteiger partial charge in [0.1, 0.15) is 0 Å². The van der Waals surface area contributed by atoms with E-state index in [2.05, 4.69) is 5.10 Å². The number of amides is 1. The maximum atomic E-state index is 13.1. The van der Waals surface area contributed by atoms with Gasteiger partial charge >= 0.3 is 0 Å². The first-order valence-corrected chi connectivity index (χ1v) is 10.0. The summed E-state index contributed by atoms with van der Waals surface area (Å²) in [5.41, 5.74) is 1.18. The van der Waals surface area contributed by atoms with Crippen LogP contribution in [0.5, 0.6) is 0 Å². The molecule has 6 heteroatoms. The van der Waals surface area contributed by atoms with Crippen molar-refractivity contribution in [3.05, 3.63) is 70.1 Å². The number of carbonyl (C=O) groups is 1. The van der Waals surface area contributed by atoms with E-state index in [1.165, 1.54) is 9.58 Å². The minimum absolute atomic E-state index is 0.127. The molecule has 0 radical (unpaired) electrons. The number of fused-ring (bicyclic) bond motifs is 1. The fourth-order valence-corrected chi connectivity index (χ4v) is 3.38. The molecule has 2 aromatic carbocycles. The third-order valence-corrected chi connectivity index (χ3v) is 5.19. The highest BCUT2D eigenvalue weighted by Crippen LogP contribution is 2.19. The lowest BCUT2D eigenvalue weighted by Gasteiger charge is -2.19. The van der Waals surface area contributed by atoms with Gasteiger partial charge in [0.05, 0.1) is 11.4 Å². The van der Waals surface area contributed by atoms with Crippen molar-refractivity contribution in [1.29, 1.82) is 0 Å². The van der Waals surface area contributed by atoms with Gasteiger partial charge in [-0.3, -0.25) is 9.59 Å². The van der Waals surface area contributed by atoms with Crippen molar-refractivity contribution in [1.82, 2.24) is 14.7 Å². The van der Waals surface area contributed by atoms with E-state index < -0.39 is 0 Å². The number of carbonyl (C=O) groups excluding carboxylic acids is 1. The van der Waals surface area contributed by atoms with E-state index in [0.29, 0.717) is 23.0 Å². The smallest absolute Gasteiger partial charge is 0.274 e. The molecule has 0 fully saturated rings.